The highest BCUT2D eigenvalue weighted by atomic mass is 16.2. The molecule has 1 saturated heterocycles. The Morgan fingerprint density at radius 1 is 0.939 bits per heavy atom. The summed E-state index contributed by atoms with van der Waals surface area (Å²) in [5.41, 5.74) is 1.62. The number of imide groups is 1. The molecule has 2 heterocycles. The van der Waals surface area contributed by atoms with E-state index in [0.717, 1.165) is 4.90 Å². The summed E-state index contributed by atoms with van der Waals surface area (Å²) in [7, 11) is 0. The van der Waals surface area contributed by atoms with E-state index in [1.807, 2.05) is 0 Å². The molecule has 33 heavy (non-hydrogen) atoms. The molecule has 2 aromatic carbocycles. The van der Waals surface area contributed by atoms with Gasteiger partial charge in [0.25, 0.3) is 17.7 Å². The highest BCUT2D eigenvalue weighted by Gasteiger charge is 2.37. The van der Waals surface area contributed by atoms with Gasteiger partial charge in [0.05, 0.1) is 11.1 Å². The van der Waals surface area contributed by atoms with Gasteiger partial charge < -0.3 is 15.5 Å². The lowest BCUT2D eigenvalue weighted by Gasteiger charge is -2.33. The van der Waals surface area contributed by atoms with E-state index >= 15 is 0 Å². The van der Waals surface area contributed by atoms with Gasteiger partial charge in [0.2, 0.25) is 11.8 Å². The van der Waals surface area contributed by atoms with Crippen molar-refractivity contribution in [2.24, 2.45) is 0 Å². The Bertz CT molecular complexity index is 1100. The number of fused-ring (bicyclic) bond motifs is 1. The fraction of sp³-hybridized carbons (Fsp3) is 0.292. The zero-order valence-corrected chi connectivity index (χ0v) is 18.2. The van der Waals surface area contributed by atoms with Gasteiger partial charge in [0.1, 0.15) is 6.54 Å². The first-order chi connectivity index (χ1) is 15.8. The number of benzene rings is 2. The molecule has 0 radical (unpaired) electrons. The molecule has 9 heteroatoms. The lowest BCUT2D eigenvalue weighted by molar-refractivity contribution is -0.132. The fourth-order valence-corrected chi connectivity index (χ4v) is 4.10. The Balaban J connectivity index is 1.29. The molecule has 0 spiro atoms. The third-order valence-electron chi connectivity index (χ3n) is 5.80. The van der Waals surface area contributed by atoms with Gasteiger partial charge in [-0.3, -0.25) is 28.9 Å². The van der Waals surface area contributed by atoms with Gasteiger partial charge in [-0.2, -0.15) is 0 Å². The number of nitrogens with zero attached hydrogens (tertiary/aromatic N) is 2. The van der Waals surface area contributed by atoms with Crippen LogP contribution in [0.3, 0.4) is 0 Å². The quantitative estimate of drug-likeness (QED) is 0.675. The van der Waals surface area contributed by atoms with Crippen LogP contribution in [0.15, 0.2) is 48.5 Å². The molecule has 0 atom stereocenters. The number of carbonyl (C=O) groups excluding carboxylic acids is 5. The predicted octanol–water partition coefficient (Wildman–Crippen LogP) is 1.66. The first-order valence-electron chi connectivity index (χ1n) is 10.7. The molecule has 0 unspecified atom stereocenters. The first-order valence-corrected chi connectivity index (χ1v) is 10.7. The van der Waals surface area contributed by atoms with Crippen LogP contribution < -0.4 is 10.6 Å². The minimum absolute atomic E-state index is 0.106. The lowest BCUT2D eigenvalue weighted by atomic mass is 10.0. The Hall–Kier alpha value is -4.01. The molecule has 170 valence electrons. The molecule has 0 saturated carbocycles. The standard InChI is InChI=1S/C24H24N4O5/c1-15(29)25-18-6-4-5-16(13-18)22(31)26-17-9-11-27(12-10-17)21(30)14-28-23(32)19-7-2-3-8-20(19)24(28)33/h2-8,13,17H,9-12,14H2,1H3,(H,25,29)(H,26,31). The largest absolute Gasteiger partial charge is 0.349 e. The average Bonchev–Trinajstić information content (AvgIpc) is 3.04. The monoisotopic (exact) mass is 448 g/mol. The number of amides is 5. The van der Waals surface area contributed by atoms with Crippen LogP contribution in [0, 0.1) is 0 Å². The van der Waals surface area contributed by atoms with Crippen LogP contribution in [0.1, 0.15) is 50.8 Å². The van der Waals surface area contributed by atoms with Crippen molar-refractivity contribution in [2.75, 3.05) is 25.0 Å². The molecule has 0 aliphatic carbocycles. The summed E-state index contributed by atoms with van der Waals surface area (Å²) < 4.78 is 0. The van der Waals surface area contributed by atoms with E-state index in [9.17, 15) is 24.0 Å². The summed E-state index contributed by atoms with van der Waals surface area (Å²) in [5.74, 6) is -1.67. The number of rotatable bonds is 5. The smallest absolute Gasteiger partial charge is 0.262 e. The number of carbonyl (C=O) groups is 5. The second-order valence-electron chi connectivity index (χ2n) is 8.13. The van der Waals surface area contributed by atoms with Crippen LogP contribution in [-0.2, 0) is 9.59 Å². The van der Waals surface area contributed by atoms with Crippen LogP contribution in [0.4, 0.5) is 5.69 Å². The number of anilines is 1. The number of likely N-dealkylation sites (tertiary alicyclic amines) is 1. The van der Waals surface area contributed by atoms with Crippen LogP contribution in [0.5, 0.6) is 0 Å². The summed E-state index contributed by atoms with van der Waals surface area (Å²) in [4.78, 5) is 64.1. The Labute approximate surface area is 190 Å². The van der Waals surface area contributed by atoms with Gasteiger partial charge in [-0.15, -0.1) is 0 Å². The van der Waals surface area contributed by atoms with Crippen LogP contribution in [0.25, 0.3) is 0 Å². The van der Waals surface area contributed by atoms with Crippen molar-refractivity contribution in [1.82, 2.24) is 15.1 Å². The molecule has 0 bridgehead atoms. The third-order valence-corrected chi connectivity index (χ3v) is 5.80. The van der Waals surface area contributed by atoms with Gasteiger partial charge >= 0.3 is 0 Å². The van der Waals surface area contributed by atoms with Crippen LogP contribution >= 0.6 is 0 Å². The summed E-state index contributed by atoms with van der Waals surface area (Å²) in [5, 5.41) is 5.61. The maximum atomic E-state index is 12.7. The molecule has 2 aliphatic heterocycles. The van der Waals surface area contributed by atoms with Gasteiger partial charge in [-0.05, 0) is 43.2 Å². The molecule has 1 fully saturated rings. The fourth-order valence-electron chi connectivity index (χ4n) is 4.10. The van der Waals surface area contributed by atoms with Gasteiger partial charge in [0, 0.05) is 37.3 Å². The average molecular weight is 448 g/mol. The topological polar surface area (TPSA) is 116 Å². The maximum Gasteiger partial charge on any atom is 0.262 e. The van der Waals surface area contributed by atoms with Crippen LogP contribution in [-0.4, -0.2) is 65.0 Å². The van der Waals surface area contributed by atoms with Crippen molar-refractivity contribution < 1.29 is 24.0 Å². The van der Waals surface area contributed by atoms with E-state index in [1.165, 1.54) is 6.92 Å². The van der Waals surface area contributed by atoms with Crippen molar-refractivity contribution >= 4 is 35.2 Å². The number of piperidine rings is 1. The van der Waals surface area contributed by atoms with Crippen molar-refractivity contribution in [3.63, 3.8) is 0 Å². The van der Waals surface area contributed by atoms with Crippen molar-refractivity contribution in [3.05, 3.63) is 65.2 Å². The van der Waals surface area contributed by atoms with Crippen LogP contribution in [0.2, 0.25) is 0 Å². The van der Waals surface area contributed by atoms with Crippen molar-refractivity contribution in [3.8, 4) is 0 Å². The SMILES string of the molecule is CC(=O)Nc1cccc(C(=O)NC2CCN(C(=O)CN3C(=O)c4ccccc4C3=O)CC2)c1. The summed E-state index contributed by atoms with van der Waals surface area (Å²) >= 11 is 0. The molecule has 2 N–H and O–H groups in total. The van der Waals surface area contributed by atoms with Crippen molar-refractivity contribution in [1.29, 1.82) is 0 Å². The molecule has 2 aliphatic rings. The third kappa shape index (κ3) is 4.77. The molecular formula is C24H24N4O5. The zero-order chi connectivity index (χ0) is 23.5. The number of nitrogens with one attached hydrogen (secondary N) is 2. The van der Waals surface area contributed by atoms with E-state index in [1.54, 1.807) is 53.4 Å². The molecular weight excluding hydrogens is 424 g/mol. The lowest BCUT2D eigenvalue weighted by Crippen LogP contribution is -2.49. The number of hydrogen-bond acceptors (Lipinski definition) is 5. The van der Waals surface area contributed by atoms with E-state index in [0.29, 0.717) is 48.3 Å². The van der Waals surface area contributed by atoms with Gasteiger partial charge in [-0.1, -0.05) is 18.2 Å². The van der Waals surface area contributed by atoms with Gasteiger partial charge in [0.15, 0.2) is 0 Å². The van der Waals surface area contributed by atoms with E-state index < -0.39 is 11.8 Å². The Kier molecular flexibility index (Phi) is 6.21. The second-order valence-corrected chi connectivity index (χ2v) is 8.13. The summed E-state index contributed by atoms with van der Waals surface area (Å²) in [6, 6.07) is 13.1. The van der Waals surface area contributed by atoms with Gasteiger partial charge in [-0.25, -0.2) is 0 Å². The first kappa shape index (κ1) is 22.2. The second kappa shape index (κ2) is 9.23. The molecule has 9 nitrogen and oxygen atoms in total. The molecule has 0 aromatic heterocycles. The summed E-state index contributed by atoms with van der Waals surface area (Å²) in [6.45, 7) is 1.94. The molecule has 2 aromatic rings. The minimum atomic E-state index is -0.451. The Morgan fingerprint density at radius 3 is 2.18 bits per heavy atom. The number of hydrogen-bond donors (Lipinski definition) is 2. The zero-order valence-electron chi connectivity index (χ0n) is 18.2. The maximum absolute atomic E-state index is 12.7. The Morgan fingerprint density at radius 2 is 1.58 bits per heavy atom. The highest BCUT2D eigenvalue weighted by molar-refractivity contribution is 6.22. The summed E-state index contributed by atoms with van der Waals surface area (Å²) in [6.07, 6.45) is 1.12. The highest BCUT2D eigenvalue weighted by Crippen LogP contribution is 2.23. The van der Waals surface area contributed by atoms with E-state index in [-0.39, 0.29) is 30.3 Å². The van der Waals surface area contributed by atoms with E-state index in [4.69, 9.17) is 0 Å². The predicted molar refractivity (Wildman–Crippen MR) is 120 cm³/mol. The molecule has 4 rings (SSSR count). The van der Waals surface area contributed by atoms with E-state index in [2.05, 4.69) is 10.6 Å². The normalized spacial score (nSPS) is 15.9. The van der Waals surface area contributed by atoms with Crippen molar-refractivity contribution in [2.45, 2.75) is 25.8 Å². The molecule has 5 amide bonds. The minimum Gasteiger partial charge on any atom is -0.349 e.